The van der Waals surface area contributed by atoms with E-state index < -0.39 is 0 Å². The number of rotatable bonds is 6. The van der Waals surface area contributed by atoms with Gasteiger partial charge >= 0.3 is 0 Å². The van der Waals surface area contributed by atoms with E-state index in [0.717, 1.165) is 35.9 Å². The Morgan fingerprint density at radius 3 is 2.37 bits per heavy atom. The van der Waals surface area contributed by atoms with Crippen LogP contribution in [0.3, 0.4) is 0 Å². The summed E-state index contributed by atoms with van der Waals surface area (Å²) in [6.07, 6.45) is 0.412. The van der Waals surface area contributed by atoms with Crippen molar-refractivity contribution in [3.63, 3.8) is 0 Å². The van der Waals surface area contributed by atoms with Crippen LogP contribution in [0.25, 0.3) is 5.69 Å². The number of hydrogen-bond acceptors (Lipinski definition) is 6. The first-order chi connectivity index (χ1) is 14.6. The van der Waals surface area contributed by atoms with E-state index in [2.05, 4.69) is 27.3 Å². The molecule has 0 N–H and O–H groups in total. The van der Waals surface area contributed by atoms with Crippen LogP contribution in [0.2, 0.25) is 0 Å². The molecule has 1 aliphatic heterocycles. The highest BCUT2D eigenvalue weighted by Gasteiger charge is 2.23. The van der Waals surface area contributed by atoms with Gasteiger partial charge in [0, 0.05) is 26.2 Å². The SMILES string of the molecule is COc1ccc(CC(=O)N2CCN(Cc3nnnn3-c3ccc(C)cc3)CC2)cc1. The second kappa shape index (κ2) is 9.04. The Morgan fingerprint density at radius 1 is 1.00 bits per heavy atom. The monoisotopic (exact) mass is 406 g/mol. The number of tetrazole rings is 1. The maximum atomic E-state index is 12.7. The lowest BCUT2D eigenvalue weighted by atomic mass is 10.1. The van der Waals surface area contributed by atoms with Crippen molar-refractivity contribution in [2.75, 3.05) is 33.3 Å². The lowest BCUT2D eigenvalue weighted by Gasteiger charge is -2.34. The highest BCUT2D eigenvalue weighted by molar-refractivity contribution is 5.79. The van der Waals surface area contributed by atoms with Gasteiger partial charge in [0.05, 0.1) is 25.8 Å². The molecule has 30 heavy (non-hydrogen) atoms. The predicted molar refractivity (Wildman–Crippen MR) is 112 cm³/mol. The number of aryl methyl sites for hydroxylation is 1. The summed E-state index contributed by atoms with van der Waals surface area (Å²) in [6, 6.07) is 15.8. The number of carbonyl (C=O) groups excluding carboxylic acids is 1. The average molecular weight is 406 g/mol. The fourth-order valence-electron chi connectivity index (χ4n) is 3.58. The topological polar surface area (TPSA) is 76.4 Å². The minimum Gasteiger partial charge on any atom is -0.497 e. The molecule has 0 unspecified atom stereocenters. The first kappa shape index (κ1) is 20.0. The number of nitrogens with zero attached hydrogens (tertiary/aromatic N) is 6. The molecule has 1 aliphatic rings. The third-order valence-corrected chi connectivity index (χ3v) is 5.42. The molecule has 156 valence electrons. The number of ether oxygens (including phenoxy) is 1. The third-order valence-electron chi connectivity index (χ3n) is 5.42. The van der Waals surface area contributed by atoms with E-state index >= 15 is 0 Å². The van der Waals surface area contributed by atoms with E-state index in [4.69, 9.17) is 4.74 Å². The van der Waals surface area contributed by atoms with Gasteiger partial charge in [-0.2, -0.15) is 4.68 Å². The highest BCUT2D eigenvalue weighted by atomic mass is 16.5. The van der Waals surface area contributed by atoms with Gasteiger partial charge in [0.25, 0.3) is 0 Å². The summed E-state index contributed by atoms with van der Waals surface area (Å²) in [5.74, 6) is 1.76. The molecule has 0 atom stereocenters. The zero-order valence-corrected chi connectivity index (χ0v) is 17.4. The molecule has 0 spiro atoms. The quantitative estimate of drug-likeness (QED) is 0.622. The van der Waals surface area contributed by atoms with Crippen molar-refractivity contribution < 1.29 is 9.53 Å². The molecule has 4 rings (SSSR count). The van der Waals surface area contributed by atoms with E-state index in [1.807, 2.05) is 53.4 Å². The molecule has 2 aromatic carbocycles. The van der Waals surface area contributed by atoms with Crippen molar-refractivity contribution in [3.05, 3.63) is 65.5 Å². The van der Waals surface area contributed by atoms with Crippen LogP contribution in [0.5, 0.6) is 5.75 Å². The number of amides is 1. The van der Waals surface area contributed by atoms with Crippen LogP contribution < -0.4 is 4.74 Å². The minimum atomic E-state index is 0.157. The van der Waals surface area contributed by atoms with Gasteiger partial charge in [0.15, 0.2) is 5.82 Å². The Balaban J connectivity index is 1.31. The number of hydrogen-bond donors (Lipinski definition) is 0. The summed E-state index contributed by atoms with van der Waals surface area (Å²) in [7, 11) is 1.64. The van der Waals surface area contributed by atoms with Crippen LogP contribution in [0.4, 0.5) is 0 Å². The number of methoxy groups -OCH3 is 1. The van der Waals surface area contributed by atoms with Crippen molar-refractivity contribution in [3.8, 4) is 11.4 Å². The van der Waals surface area contributed by atoms with Crippen LogP contribution in [-0.2, 0) is 17.8 Å². The fourth-order valence-corrected chi connectivity index (χ4v) is 3.58. The van der Waals surface area contributed by atoms with Crippen LogP contribution in [0, 0.1) is 6.92 Å². The Morgan fingerprint density at radius 2 is 1.70 bits per heavy atom. The van der Waals surface area contributed by atoms with Crippen molar-refractivity contribution in [1.82, 2.24) is 30.0 Å². The molecular formula is C22H26N6O2. The second-order valence-corrected chi connectivity index (χ2v) is 7.52. The van der Waals surface area contributed by atoms with Crippen LogP contribution in [-0.4, -0.2) is 69.2 Å². The summed E-state index contributed by atoms with van der Waals surface area (Å²) in [6.45, 7) is 5.73. The Bertz CT molecular complexity index is 976. The van der Waals surface area contributed by atoms with Crippen molar-refractivity contribution in [2.45, 2.75) is 19.9 Å². The Kier molecular flexibility index (Phi) is 6.04. The van der Waals surface area contributed by atoms with Crippen LogP contribution in [0.15, 0.2) is 48.5 Å². The van der Waals surface area contributed by atoms with Crippen molar-refractivity contribution in [2.24, 2.45) is 0 Å². The zero-order valence-electron chi connectivity index (χ0n) is 17.4. The molecule has 8 nitrogen and oxygen atoms in total. The van der Waals surface area contributed by atoms with Gasteiger partial charge in [0.2, 0.25) is 5.91 Å². The molecule has 1 fully saturated rings. The van der Waals surface area contributed by atoms with Gasteiger partial charge in [-0.3, -0.25) is 9.69 Å². The maximum absolute atomic E-state index is 12.7. The molecule has 3 aromatic rings. The van der Waals surface area contributed by atoms with Gasteiger partial charge in [-0.1, -0.05) is 29.8 Å². The fraction of sp³-hybridized carbons (Fsp3) is 0.364. The molecule has 0 bridgehead atoms. The van der Waals surface area contributed by atoms with E-state index in [9.17, 15) is 4.79 Å². The van der Waals surface area contributed by atoms with Gasteiger partial charge in [-0.25, -0.2) is 0 Å². The number of aromatic nitrogens is 4. The first-order valence-electron chi connectivity index (χ1n) is 10.1. The van der Waals surface area contributed by atoms with E-state index in [-0.39, 0.29) is 5.91 Å². The summed E-state index contributed by atoms with van der Waals surface area (Å²) >= 11 is 0. The normalized spacial score (nSPS) is 14.7. The number of carbonyl (C=O) groups is 1. The molecule has 1 aromatic heterocycles. The number of piperazine rings is 1. The molecule has 0 radical (unpaired) electrons. The van der Waals surface area contributed by atoms with E-state index in [0.29, 0.717) is 26.1 Å². The first-order valence-corrected chi connectivity index (χ1v) is 10.1. The molecular weight excluding hydrogens is 380 g/mol. The molecule has 8 heteroatoms. The summed E-state index contributed by atoms with van der Waals surface area (Å²) in [5, 5.41) is 12.2. The molecule has 1 saturated heterocycles. The average Bonchev–Trinajstić information content (AvgIpc) is 3.23. The largest absolute Gasteiger partial charge is 0.497 e. The van der Waals surface area contributed by atoms with E-state index in [1.54, 1.807) is 11.8 Å². The lowest BCUT2D eigenvalue weighted by molar-refractivity contribution is -0.132. The molecule has 2 heterocycles. The lowest BCUT2D eigenvalue weighted by Crippen LogP contribution is -2.48. The second-order valence-electron chi connectivity index (χ2n) is 7.52. The molecule has 1 amide bonds. The smallest absolute Gasteiger partial charge is 0.227 e. The standard InChI is InChI=1S/C22H26N6O2/c1-17-3-7-19(8-4-17)28-21(23-24-25-28)16-26-11-13-27(14-12-26)22(29)15-18-5-9-20(30-2)10-6-18/h3-10H,11-16H2,1-2H3. The van der Waals surface area contributed by atoms with Crippen molar-refractivity contribution in [1.29, 1.82) is 0 Å². The highest BCUT2D eigenvalue weighted by Crippen LogP contribution is 2.15. The van der Waals surface area contributed by atoms with Crippen LogP contribution >= 0.6 is 0 Å². The van der Waals surface area contributed by atoms with Gasteiger partial charge in [-0.05, 0) is 47.2 Å². The summed E-state index contributed by atoms with van der Waals surface area (Å²) < 4.78 is 6.95. The van der Waals surface area contributed by atoms with E-state index in [1.165, 1.54) is 5.56 Å². The van der Waals surface area contributed by atoms with Gasteiger partial charge in [0.1, 0.15) is 5.75 Å². The molecule has 0 saturated carbocycles. The van der Waals surface area contributed by atoms with Gasteiger partial charge in [-0.15, -0.1) is 5.10 Å². The summed E-state index contributed by atoms with van der Waals surface area (Å²) in [5.41, 5.74) is 3.15. The zero-order chi connectivity index (χ0) is 20.9. The minimum absolute atomic E-state index is 0.157. The maximum Gasteiger partial charge on any atom is 0.227 e. The molecule has 0 aliphatic carbocycles. The van der Waals surface area contributed by atoms with Crippen LogP contribution in [0.1, 0.15) is 17.0 Å². The Labute approximate surface area is 176 Å². The predicted octanol–water partition coefficient (Wildman–Crippen LogP) is 1.87. The van der Waals surface area contributed by atoms with Crippen molar-refractivity contribution >= 4 is 5.91 Å². The third kappa shape index (κ3) is 4.65. The van der Waals surface area contributed by atoms with Gasteiger partial charge < -0.3 is 9.64 Å². The number of benzene rings is 2. The summed E-state index contributed by atoms with van der Waals surface area (Å²) in [4.78, 5) is 16.9. The Hall–Kier alpha value is -3.26.